The largest absolute Gasteiger partial charge is 0.477 e. The van der Waals surface area contributed by atoms with Gasteiger partial charge in [0.25, 0.3) is 0 Å². The molecule has 0 spiro atoms. The van der Waals surface area contributed by atoms with E-state index in [-0.39, 0.29) is 5.69 Å². The number of aryl methyl sites for hydroxylation is 1. The van der Waals surface area contributed by atoms with E-state index < -0.39 is 5.97 Å². The third kappa shape index (κ3) is 2.05. The minimum absolute atomic E-state index is 0.0664. The number of hydrogen-bond acceptors (Lipinski definition) is 4. The van der Waals surface area contributed by atoms with E-state index in [1.807, 2.05) is 0 Å². The maximum absolute atomic E-state index is 10.8. The van der Waals surface area contributed by atoms with Crippen molar-refractivity contribution in [1.82, 2.24) is 14.8 Å². The molecule has 6 heteroatoms. The third-order valence-corrected chi connectivity index (χ3v) is 2.24. The van der Waals surface area contributed by atoms with E-state index in [4.69, 9.17) is 5.11 Å². The highest BCUT2D eigenvalue weighted by atomic mass is 16.4. The SMILES string of the molecule is Cc1cn(-c2cccc(C(=O)O)n2)nc1C=O. The van der Waals surface area contributed by atoms with Gasteiger partial charge < -0.3 is 5.11 Å². The van der Waals surface area contributed by atoms with E-state index in [1.54, 1.807) is 25.3 Å². The first kappa shape index (κ1) is 11.0. The molecule has 1 N–H and O–H groups in total. The molecule has 0 atom stereocenters. The van der Waals surface area contributed by atoms with Crippen molar-refractivity contribution >= 4 is 12.3 Å². The van der Waals surface area contributed by atoms with Crippen LogP contribution in [0.3, 0.4) is 0 Å². The van der Waals surface area contributed by atoms with E-state index in [0.29, 0.717) is 23.4 Å². The molecule has 0 aliphatic heterocycles. The number of aromatic nitrogens is 3. The summed E-state index contributed by atoms with van der Waals surface area (Å²) in [7, 11) is 0. The number of hydrogen-bond donors (Lipinski definition) is 1. The predicted molar refractivity (Wildman–Crippen MR) is 58.4 cm³/mol. The van der Waals surface area contributed by atoms with Gasteiger partial charge in [0.05, 0.1) is 0 Å². The summed E-state index contributed by atoms with van der Waals surface area (Å²) in [5, 5.41) is 12.8. The quantitative estimate of drug-likeness (QED) is 0.799. The van der Waals surface area contributed by atoms with Crippen LogP contribution in [0.5, 0.6) is 0 Å². The normalized spacial score (nSPS) is 10.2. The molecule has 17 heavy (non-hydrogen) atoms. The predicted octanol–water partition coefficient (Wildman–Crippen LogP) is 1.09. The van der Waals surface area contributed by atoms with Crippen LogP contribution < -0.4 is 0 Å². The molecule has 2 aromatic rings. The van der Waals surface area contributed by atoms with Crippen LogP contribution in [0.25, 0.3) is 5.82 Å². The highest BCUT2D eigenvalue weighted by molar-refractivity contribution is 5.85. The first-order valence-corrected chi connectivity index (χ1v) is 4.84. The highest BCUT2D eigenvalue weighted by Gasteiger charge is 2.09. The number of rotatable bonds is 3. The summed E-state index contributed by atoms with van der Waals surface area (Å²) >= 11 is 0. The Bertz CT molecular complexity index is 589. The number of pyridine rings is 1. The molecule has 86 valence electrons. The minimum atomic E-state index is -1.11. The number of carboxylic acid groups (broad SMARTS) is 1. The van der Waals surface area contributed by atoms with Gasteiger partial charge in [0.2, 0.25) is 0 Å². The first-order chi connectivity index (χ1) is 8.11. The molecule has 2 rings (SSSR count). The second-order valence-electron chi connectivity index (χ2n) is 3.45. The topological polar surface area (TPSA) is 85.1 Å². The lowest BCUT2D eigenvalue weighted by atomic mass is 10.3. The summed E-state index contributed by atoms with van der Waals surface area (Å²) in [6, 6.07) is 4.58. The van der Waals surface area contributed by atoms with Gasteiger partial charge in [-0.2, -0.15) is 5.10 Å². The third-order valence-electron chi connectivity index (χ3n) is 2.24. The van der Waals surface area contributed by atoms with Crippen molar-refractivity contribution in [3.8, 4) is 5.82 Å². The van der Waals surface area contributed by atoms with Crippen molar-refractivity contribution in [3.05, 3.63) is 41.3 Å². The Balaban J connectivity index is 2.48. The molecule has 0 aromatic carbocycles. The lowest BCUT2D eigenvalue weighted by molar-refractivity contribution is 0.0690. The fraction of sp³-hybridized carbons (Fsp3) is 0.0909. The van der Waals surface area contributed by atoms with Crippen molar-refractivity contribution in [1.29, 1.82) is 0 Å². The molecule has 0 saturated carbocycles. The monoisotopic (exact) mass is 231 g/mol. The Morgan fingerprint density at radius 2 is 2.24 bits per heavy atom. The van der Waals surface area contributed by atoms with Gasteiger partial charge in [-0.3, -0.25) is 4.79 Å². The van der Waals surface area contributed by atoms with Crippen LogP contribution in [0.1, 0.15) is 26.5 Å². The number of aldehydes is 1. The molecule has 6 nitrogen and oxygen atoms in total. The summed E-state index contributed by atoms with van der Waals surface area (Å²) in [5.74, 6) is -0.743. The van der Waals surface area contributed by atoms with Gasteiger partial charge in [-0.05, 0) is 24.6 Å². The van der Waals surface area contributed by atoms with Gasteiger partial charge in [0.15, 0.2) is 17.8 Å². The standard InChI is InChI=1S/C11H9N3O3/c1-7-5-14(13-9(7)6-15)10-4-2-3-8(12-10)11(16)17/h2-6H,1H3,(H,16,17). The van der Waals surface area contributed by atoms with E-state index in [9.17, 15) is 9.59 Å². The molecular weight excluding hydrogens is 222 g/mol. The van der Waals surface area contributed by atoms with Gasteiger partial charge in [-0.15, -0.1) is 0 Å². The Morgan fingerprint density at radius 3 is 2.82 bits per heavy atom. The minimum Gasteiger partial charge on any atom is -0.477 e. The summed E-state index contributed by atoms with van der Waals surface area (Å²) in [5.41, 5.74) is 0.957. The Kier molecular flexibility index (Phi) is 2.70. The molecular formula is C11H9N3O3. The second kappa shape index (κ2) is 4.17. The van der Waals surface area contributed by atoms with Gasteiger partial charge in [-0.1, -0.05) is 6.07 Å². The first-order valence-electron chi connectivity index (χ1n) is 4.84. The smallest absolute Gasteiger partial charge is 0.354 e. The van der Waals surface area contributed by atoms with Crippen LogP contribution in [0.4, 0.5) is 0 Å². The molecule has 2 aromatic heterocycles. The molecule has 0 aliphatic rings. The van der Waals surface area contributed by atoms with Crippen LogP contribution in [0.2, 0.25) is 0 Å². The van der Waals surface area contributed by atoms with Crippen molar-refractivity contribution in [2.24, 2.45) is 0 Å². The van der Waals surface area contributed by atoms with Gasteiger partial charge in [0, 0.05) is 6.20 Å². The molecule has 2 heterocycles. The maximum atomic E-state index is 10.8. The van der Waals surface area contributed by atoms with Gasteiger partial charge in [0.1, 0.15) is 5.69 Å². The molecule has 0 saturated heterocycles. The maximum Gasteiger partial charge on any atom is 0.354 e. The van der Waals surface area contributed by atoms with E-state index in [2.05, 4.69) is 10.1 Å². The van der Waals surface area contributed by atoms with Crippen LogP contribution in [-0.4, -0.2) is 32.1 Å². The lowest BCUT2D eigenvalue weighted by Crippen LogP contribution is -2.05. The Hall–Kier alpha value is -2.50. The molecule has 0 amide bonds. The number of carbonyl (C=O) groups is 2. The molecule has 0 aliphatic carbocycles. The van der Waals surface area contributed by atoms with Gasteiger partial charge >= 0.3 is 5.97 Å². The average molecular weight is 231 g/mol. The zero-order valence-corrected chi connectivity index (χ0v) is 8.99. The number of aromatic carboxylic acids is 1. The lowest BCUT2D eigenvalue weighted by Gasteiger charge is -2.00. The molecule has 0 radical (unpaired) electrons. The van der Waals surface area contributed by atoms with Crippen molar-refractivity contribution in [2.75, 3.05) is 0 Å². The number of carboxylic acids is 1. The van der Waals surface area contributed by atoms with Crippen LogP contribution in [0, 0.1) is 6.92 Å². The highest BCUT2D eigenvalue weighted by Crippen LogP contribution is 2.09. The van der Waals surface area contributed by atoms with E-state index >= 15 is 0 Å². The fourth-order valence-electron chi connectivity index (χ4n) is 1.38. The van der Waals surface area contributed by atoms with Crippen molar-refractivity contribution in [2.45, 2.75) is 6.92 Å². The summed E-state index contributed by atoms with van der Waals surface area (Å²) in [6.07, 6.45) is 2.27. The summed E-state index contributed by atoms with van der Waals surface area (Å²) in [4.78, 5) is 25.3. The van der Waals surface area contributed by atoms with E-state index in [1.165, 1.54) is 10.7 Å². The van der Waals surface area contributed by atoms with Crippen LogP contribution in [-0.2, 0) is 0 Å². The number of carbonyl (C=O) groups excluding carboxylic acids is 1. The van der Waals surface area contributed by atoms with Crippen molar-refractivity contribution < 1.29 is 14.7 Å². The molecule has 0 unspecified atom stereocenters. The zero-order chi connectivity index (χ0) is 12.4. The van der Waals surface area contributed by atoms with Crippen LogP contribution in [0.15, 0.2) is 24.4 Å². The Labute approximate surface area is 96.5 Å². The summed E-state index contributed by atoms with van der Waals surface area (Å²) < 4.78 is 1.38. The number of nitrogens with zero attached hydrogens (tertiary/aromatic N) is 3. The Morgan fingerprint density at radius 1 is 1.47 bits per heavy atom. The fourth-order valence-corrected chi connectivity index (χ4v) is 1.38. The van der Waals surface area contributed by atoms with Crippen LogP contribution >= 0.6 is 0 Å². The van der Waals surface area contributed by atoms with Gasteiger partial charge in [-0.25, -0.2) is 14.5 Å². The summed E-state index contributed by atoms with van der Waals surface area (Å²) in [6.45, 7) is 1.74. The average Bonchev–Trinajstić information content (AvgIpc) is 2.71. The molecule has 0 bridgehead atoms. The zero-order valence-electron chi connectivity index (χ0n) is 8.99. The van der Waals surface area contributed by atoms with Crippen molar-refractivity contribution in [3.63, 3.8) is 0 Å². The second-order valence-corrected chi connectivity index (χ2v) is 3.45. The van der Waals surface area contributed by atoms with E-state index in [0.717, 1.165) is 0 Å². The molecule has 0 fully saturated rings.